The lowest BCUT2D eigenvalue weighted by atomic mass is 9.93. The highest BCUT2D eigenvalue weighted by Crippen LogP contribution is 2.67. The van der Waals surface area contributed by atoms with Crippen LogP contribution in [0.3, 0.4) is 0 Å². The first-order valence-corrected chi connectivity index (χ1v) is 19.9. The van der Waals surface area contributed by atoms with Gasteiger partial charge in [-0.3, -0.25) is 9.29 Å². The van der Waals surface area contributed by atoms with Crippen molar-refractivity contribution in [3.05, 3.63) is 177 Å². The van der Waals surface area contributed by atoms with Crippen LogP contribution in [0.25, 0.3) is 44.5 Å². The van der Waals surface area contributed by atoms with Crippen LogP contribution in [0.1, 0.15) is 33.4 Å². The molecule has 22 heteroatoms. The van der Waals surface area contributed by atoms with Gasteiger partial charge in [-0.2, -0.15) is 79.0 Å². The zero-order chi connectivity index (χ0) is 51.1. The van der Waals surface area contributed by atoms with Crippen molar-refractivity contribution in [1.82, 2.24) is 9.29 Å². The van der Waals surface area contributed by atoms with Gasteiger partial charge in [0.25, 0.3) is 0 Å². The number of hydrogen-bond acceptors (Lipinski definition) is 2. The molecule has 70 heavy (non-hydrogen) atoms. The molecule has 2 unspecified atom stereocenters. The first-order chi connectivity index (χ1) is 32.3. The Bertz CT molecular complexity index is 2970. The molecule has 2 heterocycles. The van der Waals surface area contributed by atoms with Crippen LogP contribution in [-0.4, -0.2) is 0 Å². The lowest BCUT2D eigenvalue weighted by Crippen LogP contribution is -2.30. The highest BCUT2D eigenvalue weighted by atomic mass is 19.4. The summed E-state index contributed by atoms with van der Waals surface area (Å²) in [6.07, 6.45) is -35.7. The van der Waals surface area contributed by atoms with E-state index in [0.29, 0.717) is 0 Å². The summed E-state index contributed by atoms with van der Waals surface area (Å²) in [5.74, 6) is 0. The summed E-state index contributed by atoms with van der Waals surface area (Å²) in [6, 6.07) is 22.0. The summed E-state index contributed by atoms with van der Waals surface area (Å²) in [4.78, 5) is 0. The second-order valence-corrected chi connectivity index (χ2v) is 16.1. The predicted molar refractivity (Wildman–Crippen MR) is 220 cm³/mol. The Hall–Kier alpha value is -6.88. The fourth-order valence-corrected chi connectivity index (χ4v) is 9.24. The lowest BCUT2D eigenvalue weighted by molar-refractivity contribution is -0.174. The van der Waals surface area contributed by atoms with E-state index >= 15 is 10.4 Å². The Morgan fingerprint density at radius 2 is 0.557 bits per heavy atom. The molecule has 7 aromatic carbocycles. The third-order valence-electron chi connectivity index (χ3n) is 12.1. The predicted octanol–water partition coefficient (Wildman–Crippen LogP) is 18.0. The van der Waals surface area contributed by atoms with Gasteiger partial charge < -0.3 is 10.4 Å². The quantitative estimate of drug-likeness (QED) is 0.100. The van der Waals surface area contributed by atoms with Crippen LogP contribution < -0.4 is 9.29 Å². The molecule has 0 amide bonds. The Balaban J connectivity index is 1.17. The molecule has 0 N–H and O–H groups in total. The minimum absolute atomic E-state index is 0.00220. The summed E-state index contributed by atoms with van der Waals surface area (Å²) < 4.78 is 247. The van der Waals surface area contributed by atoms with Crippen LogP contribution in [0.4, 0.5) is 113 Å². The topological polar surface area (TPSA) is 46.1 Å². The van der Waals surface area contributed by atoms with Crippen LogP contribution in [-0.2, 0) is 37.1 Å². The Kier molecular flexibility index (Phi) is 10.5. The number of benzene rings is 7. The maximum Gasteiger partial charge on any atom is 0.417 e. The highest BCUT2D eigenvalue weighted by Gasteiger charge is 2.53. The zero-order valence-corrected chi connectivity index (χ0v) is 34.2. The average Bonchev–Trinajstić information content (AvgIpc) is 3.70. The largest absolute Gasteiger partial charge is 0.616 e. The van der Waals surface area contributed by atoms with Crippen molar-refractivity contribution in [3.63, 3.8) is 0 Å². The van der Waals surface area contributed by atoms with Gasteiger partial charge >= 0.3 is 37.1 Å². The summed E-state index contributed by atoms with van der Waals surface area (Å²) in [5, 5.41) is 31.0. The van der Waals surface area contributed by atoms with Crippen molar-refractivity contribution in [2.75, 3.05) is 0 Å². The molecule has 0 radical (unpaired) electrons. The van der Waals surface area contributed by atoms with Crippen molar-refractivity contribution >= 4 is 34.1 Å². The number of rotatable bonds is 4. The van der Waals surface area contributed by atoms with Crippen LogP contribution in [0, 0.1) is 10.4 Å². The molecule has 4 nitrogen and oxygen atoms in total. The van der Waals surface area contributed by atoms with Gasteiger partial charge in [-0.25, -0.2) is 0 Å². The number of alkyl halides is 18. The summed E-state index contributed by atoms with van der Waals surface area (Å²) >= 11 is 0. The highest BCUT2D eigenvalue weighted by molar-refractivity contribution is 6.13. The van der Waals surface area contributed by atoms with Crippen LogP contribution >= 0.6 is 0 Å². The van der Waals surface area contributed by atoms with Gasteiger partial charge in [-0.15, -0.1) is 0 Å². The molecule has 362 valence electrons. The molecule has 2 aliphatic heterocycles. The third kappa shape index (κ3) is 7.46. The molecule has 0 spiro atoms. The van der Waals surface area contributed by atoms with Gasteiger partial charge in [0.15, 0.2) is 22.7 Å². The van der Waals surface area contributed by atoms with Crippen LogP contribution in [0.5, 0.6) is 0 Å². The first kappa shape index (κ1) is 48.2. The normalized spacial score (nSPS) is 18.1. The molecule has 0 bridgehead atoms. The smallest absolute Gasteiger partial charge is 0.417 e. The minimum Gasteiger partial charge on any atom is -0.616 e. The van der Waals surface area contributed by atoms with Gasteiger partial charge in [0.1, 0.15) is 11.4 Å². The van der Waals surface area contributed by atoms with E-state index < -0.39 is 102 Å². The minimum atomic E-state index is -6.07. The number of halogens is 18. The van der Waals surface area contributed by atoms with E-state index in [0.717, 1.165) is 48.5 Å². The number of fused-ring (bicyclic) bond motifs is 7. The van der Waals surface area contributed by atoms with Gasteiger partial charge in [-0.1, -0.05) is 24.3 Å². The first-order valence-electron chi connectivity index (χ1n) is 19.9. The fourth-order valence-electron chi connectivity index (χ4n) is 9.24. The van der Waals surface area contributed by atoms with Crippen molar-refractivity contribution in [3.8, 4) is 44.5 Å². The number of nitrogens with zero attached hydrogens (tertiary/aromatic N) is 2. The molecule has 0 aromatic heterocycles. The average molecular weight is 1000 g/mol. The summed E-state index contributed by atoms with van der Waals surface area (Å²) in [6.45, 7) is 0. The SMILES string of the molecule is [O-][N+]1(c2ccc(-c3cc(C(F)(F)F)c(C(F)(F)F)c(C(F)(F)F)c3)cc2)c2ccccc2-c2c1ccc1c2-c2ccccc2[N+]1([O-])c1ccc(-c2cc(C(F)(F)F)c(C(F)(F)F)c(C(F)(F)F)c2)cc1. The van der Waals surface area contributed by atoms with Gasteiger partial charge in [-0.05, 0) is 82.9 Å². The number of quaternary nitrogens is 2. The molecular formula is C48H22F18N2O2. The van der Waals surface area contributed by atoms with E-state index in [1.54, 1.807) is 0 Å². The third-order valence-corrected chi connectivity index (χ3v) is 12.1. The molecule has 2 atom stereocenters. The zero-order valence-electron chi connectivity index (χ0n) is 34.2. The van der Waals surface area contributed by atoms with E-state index in [1.807, 2.05) is 0 Å². The standard InChI is InChI=1S/C48H22F18N2O2/c49-43(50,51)31-19-25(20-32(44(52,53)54)41(31)47(61,62)63)23-9-13-27(14-10-23)67(69)35-7-3-1-5-29(35)39-37(67)17-18-38-40(39)30-6-2-4-8-36(30)68(38,70)28-15-11-24(12-16-28)26-21-33(45(55,56)57)42(48(64,65)66)34(22-26)46(58,59)60/h1-22H. The van der Waals surface area contributed by atoms with E-state index in [4.69, 9.17) is 0 Å². The monoisotopic (exact) mass is 1000 g/mol. The number of hydrogen-bond donors (Lipinski definition) is 0. The van der Waals surface area contributed by atoms with Gasteiger partial charge in [0.2, 0.25) is 0 Å². The molecule has 0 saturated carbocycles. The van der Waals surface area contributed by atoms with E-state index in [1.165, 1.54) is 60.7 Å². The Morgan fingerprint density at radius 1 is 0.286 bits per heavy atom. The molecule has 0 fully saturated rings. The molecule has 2 aliphatic rings. The fraction of sp³-hybridized carbons (Fsp3) is 0.125. The van der Waals surface area contributed by atoms with Crippen molar-refractivity contribution in [2.24, 2.45) is 0 Å². The molecular weight excluding hydrogens is 979 g/mol. The molecule has 0 saturated heterocycles. The maximum atomic E-state index is 15.5. The van der Waals surface area contributed by atoms with E-state index in [2.05, 4.69) is 0 Å². The summed E-state index contributed by atoms with van der Waals surface area (Å²) in [7, 11) is 0. The van der Waals surface area contributed by atoms with Crippen molar-refractivity contribution in [1.29, 1.82) is 0 Å². The van der Waals surface area contributed by atoms with E-state index in [9.17, 15) is 79.0 Å². The maximum absolute atomic E-state index is 15.5. The molecule has 7 aromatic rings. The number of para-hydroxylation sites is 2. The van der Waals surface area contributed by atoms with Crippen molar-refractivity contribution < 1.29 is 79.0 Å². The van der Waals surface area contributed by atoms with Gasteiger partial charge in [0.05, 0.1) is 55.6 Å². The van der Waals surface area contributed by atoms with Crippen LogP contribution in [0.2, 0.25) is 0 Å². The van der Waals surface area contributed by atoms with Crippen LogP contribution in [0.15, 0.2) is 133 Å². The Morgan fingerprint density at radius 3 is 0.814 bits per heavy atom. The van der Waals surface area contributed by atoms with E-state index in [-0.39, 0.29) is 80.6 Å². The summed E-state index contributed by atoms with van der Waals surface area (Å²) in [5.41, 5.74) is -18.7. The second kappa shape index (κ2) is 15.3. The van der Waals surface area contributed by atoms with Crippen molar-refractivity contribution in [2.45, 2.75) is 37.1 Å². The molecule has 9 rings (SSSR count). The lowest BCUT2D eigenvalue weighted by Gasteiger charge is -2.40. The Labute approximate surface area is 380 Å². The second-order valence-electron chi connectivity index (χ2n) is 16.1. The molecule has 0 aliphatic carbocycles. The van der Waals surface area contributed by atoms with Gasteiger partial charge in [0, 0.05) is 48.5 Å².